The van der Waals surface area contributed by atoms with E-state index in [0.717, 1.165) is 42.0 Å². The second kappa shape index (κ2) is 14.5. The summed E-state index contributed by atoms with van der Waals surface area (Å²) in [5.74, 6) is -0.652. The zero-order chi connectivity index (χ0) is 31.1. The van der Waals surface area contributed by atoms with Crippen LogP contribution < -0.4 is 14.4 Å². The summed E-state index contributed by atoms with van der Waals surface area (Å²) in [7, 11) is -2.80. The van der Waals surface area contributed by atoms with E-state index in [4.69, 9.17) is 27.9 Å². The molecule has 3 aromatic rings. The zero-order valence-corrected chi connectivity index (χ0v) is 26.9. The van der Waals surface area contributed by atoms with Crippen LogP contribution in [0.4, 0.5) is 5.69 Å². The fourth-order valence-electron chi connectivity index (χ4n) is 5.23. The Bertz CT molecular complexity index is 1530. The van der Waals surface area contributed by atoms with Crippen molar-refractivity contribution in [1.29, 1.82) is 0 Å². The Morgan fingerprint density at radius 2 is 1.63 bits per heavy atom. The molecule has 1 atom stereocenters. The molecule has 43 heavy (non-hydrogen) atoms. The molecule has 3 aromatic carbocycles. The van der Waals surface area contributed by atoms with E-state index in [1.165, 1.54) is 24.1 Å². The standard InChI is InChI=1S/C32H37Cl2N3O5S/c1-22-17-18-30(42-3)29(19-22)37(43(40,41)25-13-8-5-9-14-25)21-31(38)36(20-26-27(33)15-10-16-28(26)34)23(2)32(39)35-24-11-6-4-7-12-24/h5,8-10,13-19,23-24H,4,6-7,11-12,20-21H2,1-3H3,(H,35,39). The van der Waals surface area contributed by atoms with Crippen molar-refractivity contribution in [3.8, 4) is 5.75 Å². The van der Waals surface area contributed by atoms with Crippen molar-refractivity contribution in [2.75, 3.05) is 18.0 Å². The van der Waals surface area contributed by atoms with Gasteiger partial charge in [-0.1, -0.05) is 72.8 Å². The average molecular weight is 647 g/mol. The highest BCUT2D eigenvalue weighted by molar-refractivity contribution is 7.92. The summed E-state index contributed by atoms with van der Waals surface area (Å²) in [5.41, 5.74) is 1.44. The van der Waals surface area contributed by atoms with Gasteiger partial charge in [-0.3, -0.25) is 13.9 Å². The Morgan fingerprint density at radius 3 is 2.26 bits per heavy atom. The maximum Gasteiger partial charge on any atom is 0.264 e. The number of rotatable bonds is 11. The third-order valence-electron chi connectivity index (χ3n) is 7.72. The van der Waals surface area contributed by atoms with Crippen LogP contribution in [-0.2, 0) is 26.2 Å². The summed E-state index contributed by atoms with van der Waals surface area (Å²) in [6.07, 6.45) is 4.94. The molecule has 0 bridgehead atoms. The summed E-state index contributed by atoms with van der Waals surface area (Å²) in [4.78, 5) is 29.1. The van der Waals surface area contributed by atoms with E-state index < -0.39 is 28.5 Å². The molecule has 1 fully saturated rings. The molecule has 0 aromatic heterocycles. The van der Waals surface area contributed by atoms with Crippen molar-refractivity contribution in [2.24, 2.45) is 0 Å². The first-order valence-corrected chi connectivity index (χ1v) is 16.5. The molecule has 0 radical (unpaired) electrons. The Hall–Kier alpha value is -3.27. The quantitative estimate of drug-likeness (QED) is 0.261. The van der Waals surface area contributed by atoms with Gasteiger partial charge < -0.3 is 15.0 Å². The van der Waals surface area contributed by atoms with Crippen molar-refractivity contribution in [2.45, 2.75) is 69.5 Å². The topological polar surface area (TPSA) is 96.0 Å². The predicted molar refractivity (Wildman–Crippen MR) is 170 cm³/mol. The molecule has 1 unspecified atom stereocenters. The van der Waals surface area contributed by atoms with Crippen molar-refractivity contribution in [3.05, 3.63) is 87.9 Å². The SMILES string of the molecule is COc1ccc(C)cc1N(CC(=O)N(Cc1c(Cl)cccc1Cl)C(C)C(=O)NC1CCCCC1)S(=O)(=O)c1ccccc1. The number of amides is 2. The van der Waals surface area contributed by atoms with Gasteiger partial charge in [0.15, 0.2) is 0 Å². The second-order valence-electron chi connectivity index (χ2n) is 10.7. The number of nitrogens with one attached hydrogen (secondary N) is 1. The number of hydrogen-bond donors (Lipinski definition) is 1. The number of anilines is 1. The van der Waals surface area contributed by atoms with Crippen LogP contribution in [0.15, 0.2) is 71.6 Å². The molecular weight excluding hydrogens is 609 g/mol. The molecular formula is C32H37Cl2N3O5S. The average Bonchev–Trinajstić information content (AvgIpc) is 3.00. The van der Waals surface area contributed by atoms with E-state index in [-0.39, 0.29) is 34.8 Å². The number of halogens is 2. The minimum absolute atomic E-state index is 0.00940. The lowest BCUT2D eigenvalue weighted by Gasteiger charge is -2.34. The number of benzene rings is 3. The lowest BCUT2D eigenvalue weighted by atomic mass is 9.95. The maximum atomic E-state index is 14.3. The van der Waals surface area contributed by atoms with Crippen LogP contribution in [0.1, 0.15) is 50.2 Å². The molecule has 1 saturated carbocycles. The number of sulfonamides is 1. The van der Waals surface area contributed by atoms with Crippen LogP contribution in [0.25, 0.3) is 0 Å². The summed E-state index contributed by atoms with van der Waals surface area (Å²) >= 11 is 13.0. The smallest absolute Gasteiger partial charge is 0.264 e. The highest BCUT2D eigenvalue weighted by Crippen LogP contribution is 2.34. The first kappa shape index (κ1) is 32.6. The molecule has 0 saturated heterocycles. The molecule has 1 aliphatic rings. The van der Waals surface area contributed by atoms with Gasteiger partial charge in [0.25, 0.3) is 10.0 Å². The molecule has 1 N–H and O–H groups in total. The van der Waals surface area contributed by atoms with Crippen LogP contribution in [0, 0.1) is 6.92 Å². The van der Waals surface area contributed by atoms with Crippen LogP contribution >= 0.6 is 23.2 Å². The number of carbonyl (C=O) groups is 2. The van der Waals surface area contributed by atoms with Gasteiger partial charge in [-0.05, 0) is 68.7 Å². The number of carbonyl (C=O) groups excluding carboxylic acids is 2. The number of hydrogen-bond acceptors (Lipinski definition) is 5. The fourth-order valence-corrected chi connectivity index (χ4v) is 7.19. The molecule has 8 nitrogen and oxygen atoms in total. The minimum Gasteiger partial charge on any atom is -0.495 e. The van der Waals surface area contributed by atoms with E-state index in [0.29, 0.717) is 15.6 Å². The van der Waals surface area contributed by atoms with Crippen molar-refractivity contribution in [1.82, 2.24) is 10.2 Å². The highest BCUT2D eigenvalue weighted by atomic mass is 35.5. The maximum absolute atomic E-state index is 14.3. The van der Waals surface area contributed by atoms with E-state index >= 15 is 0 Å². The van der Waals surface area contributed by atoms with Gasteiger partial charge in [-0.15, -0.1) is 0 Å². The summed E-state index contributed by atoms with van der Waals surface area (Å²) in [6, 6.07) is 17.1. The number of aryl methyl sites for hydroxylation is 1. The summed E-state index contributed by atoms with van der Waals surface area (Å²) < 4.78 is 34.7. The van der Waals surface area contributed by atoms with E-state index in [9.17, 15) is 18.0 Å². The fraction of sp³-hybridized carbons (Fsp3) is 0.375. The Morgan fingerprint density at radius 1 is 0.977 bits per heavy atom. The van der Waals surface area contributed by atoms with Gasteiger partial charge in [-0.2, -0.15) is 0 Å². The van der Waals surface area contributed by atoms with Crippen molar-refractivity contribution < 1.29 is 22.7 Å². The molecule has 11 heteroatoms. The third-order valence-corrected chi connectivity index (χ3v) is 10.2. The lowest BCUT2D eigenvalue weighted by molar-refractivity contribution is -0.139. The van der Waals surface area contributed by atoms with E-state index in [1.54, 1.807) is 61.5 Å². The minimum atomic E-state index is -4.24. The molecule has 4 rings (SSSR count). The molecule has 0 aliphatic heterocycles. The Balaban J connectivity index is 1.75. The van der Waals surface area contributed by atoms with Gasteiger partial charge in [-0.25, -0.2) is 8.42 Å². The first-order valence-electron chi connectivity index (χ1n) is 14.3. The van der Waals surface area contributed by atoms with Crippen LogP contribution in [0.3, 0.4) is 0 Å². The van der Waals surface area contributed by atoms with Crippen LogP contribution in [0.2, 0.25) is 10.0 Å². The van der Waals surface area contributed by atoms with Gasteiger partial charge in [0.2, 0.25) is 11.8 Å². The van der Waals surface area contributed by atoms with Gasteiger partial charge in [0, 0.05) is 28.2 Å². The van der Waals surface area contributed by atoms with E-state index in [2.05, 4.69) is 5.32 Å². The number of methoxy groups -OCH3 is 1. The lowest BCUT2D eigenvalue weighted by Crippen LogP contribution is -2.53. The van der Waals surface area contributed by atoms with Crippen molar-refractivity contribution >= 4 is 50.7 Å². The molecule has 0 heterocycles. The monoisotopic (exact) mass is 645 g/mol. The largest absolute Gasteiger partial charge is 0.495 e. The van der Waals surface area contributed by atoms with Crippen LogP contribution in [-0.4, -0.2) is 50.9 Å². The van der Waals surface area contributed by atoms with Crippen molar-refractivity contribution in [3.63, 3.8) is 0 Å². The van der Waals surface area contributed by atoms with Gasteiger partial charge in [0.1, 0.15) is 18.3 Å². The molecule has 0 spiro atoms. The van der Waals surface area contributed by atoms with Gasteiger partial charge >= 0.3 is 0 Å². The molecule has 2 amide bonds. The second-order valence-corrected chi connectivity index (χ2v) is 13.4. The highest BCUT2D eigenvalue weighted by Gasteiger charge is 2.35. The third kappa shape index (κ3) is 7.82. The predicted octanol–water partition coefficient (Wildman–Crippen LogP) is 6.37. The summed E-state index contributed by atoms with van der Waals surface area (Å²) in [5, 5.41) is 3.75. The Labute approximate surface area is 264 Å². The van der Waals surface area contributed by atoms with Crippen LogP contribution in [0.5, 0.6) is 5.75 Å². The first-order chi connectivity index (χ1) is 20.5. The zero-order valence-electron chi connectivity index (χ0n) is 24.6. The molecule has 230 valence electrons. The van der Waals surface area contributed by atoms with Gasteiger partial charge in [0.05, 0.1) is 17.7 Å². The van der Waals surface area contributed by atoms with E-state index in [1.807, 2.05) is 6.92 Å². The number of nitrogens with zero attached hydrogens (tertiary/aromatic N) is 2. The number of ether oxygens (including phenoxy) is 1. The Kier molecular flexibility index (Phi) is 11.0. The summed E-state index contributed by atoms with van der Waals surface area (Å²) in [6.45, 7) is 2.76. The normalized spacial score (nSPS) is 14.5. The molecule has 1 aliphatic carbocycles.